The molecule has 0 aliphatic rings. The van der Waals surface area contributed by atoms with Gasteiger partial charge in [0.05, 0.1) is 6.10 Å². The highest BCUT2D eigenvalue weighted by atomic mass is 32.2. The Morgan fingerprint density at radius 2 is 1.89 bits per heavy atom. The van der Waals surface area contributed by atoms with E-state index in [0.717, 1.165) is 0 Å². The van der Waals surface area contributed by atoms with Crippen LogP contribution in [0.4, 0.5) is 5.95 Å². The van der Waals surface area contributed by atoms with Crippen LogP contribution in [0, 0.1) is 0 Å². The zero-order valence-electron chi connectivity index (χ0n) is 10.4. The fraction of sp³-hybridized carbons (Fsp3) is 0.300. The average molecular weight is 279 g/mol. The molecule has 0 saturated heterocycles. The van der Waals surface area contributed by atoms with Crippen LogP contribution in [0.15, 0.2) is 28.8 Å². The molecule has 0 saturated carbocycles. The molecule has 8 nitrogen and oxygen atoms in total. The lowest BCUT2D eigenvalue weighted by Crippen LogP contribution is -2.15. The summed E-state index contributed by atoms with van der Waals surface area (Å²) in [5.41, 5.74) is 2.37. The van der Waals surface area contributed by atoms with Crippen LogP contribution in [0.2, 0.25) is 0 Å². The van der Waals surface area contributed by atoms with Gasteiger partial charge < -0.3 is 4.74 Å². The van der Waals surface area contributed by atoms with E-state index in [-0.39, 0.29) is 18.1 Å². The minimum atomic E-state index is -0.0427. The van der Waals surface area contributed by atoms with Crippen molar-refractivity contribution in [2.24, 2.45) is 5.84 Å². The largest absolute Gasteiger partial charge is 0.461 e. The molecule has 100 valence electrons. The van der Waals surface area contributed by atoms with Gasteiger partial charge in [0, 0.05) is 12.4 Å². The monoisotopic (exact) mass is 279 g/mol. The predicted molar refractivity (Wildman–Crippen MR) is 69.6 cm³/mol. The van der Waals surface area contributed by atoms with Crippen molar-refractivity contribution >= 4 is 17.7 Å². The van der Waals surface area contributed by atoms with Crippen molar-refractivity contribution in [1.82, 2.24) is 24.9 Å². The van der Waals surface area contributed by atoms with E-state index in [0.29, 0.717) is 10.3 Å². The van der Waals surface area contributed by atoms with Gasteiger partial charge in [-0.15, -0.1) is 0 Å². The minimum absolute atomic E-state index is 0.0427. The van der Waals surface area contributed by atoms with Crippen molar-refractivity contribution in [2.45, 2.75) is 30.3 Å². The normalized spacial score (nSPS) is 10.5. The van der Waals surface area contributed by atoms with Gasteiger partial charge in [-0.3, -0.25) is 5.43 Å². The molecule has 0 spiro atoms. The Labute approximate surface area is 114 Å². The minimum Gasteiger partial charge on any atom is -0.461 e. The number of anilines is 1. The van der Waals surface area contributed by atoms with Gasteiger partial charge in [-0.2, -0.15) is 15.0 Å². The molecule has 0 radical (unpaired) electrons. The first-order valence-corrected chi connectivity index (χ1v) is 6.33. The molecule has 0 bridgehead atoms. The van der Waals surface area contributed by atoms with Crippen LogP contribution in [0.1, 0.15) is 13.8 Å². The summed E-state index contributed by atoms with van der Waals surface area (Å²) < 4.78 is 5.42. The molecule has 9 heteroatoms. The van der Waals surface area contributed by atoms with Gasteiger partial charge in [0.1, 0.15) is 0 Å². The van der Waals surface area contributed by atoms with Crippen molar-refractivity contribution < 1.29 is 4.74 Å². The summed E-state index contributed by atoms with van der Waals surface area (Å²) in [7, 11) is 0. The number of hydrogen-bond acceptors (Lipinski definition) is 9. The summed E-state index contributed by atoms with van der Waals surface area (Å²) in [6.45, 7) is 3.76. The molecule has 3 N–H and O–H groups in total. The molecular weight excluding hydrogens is 266 g/mol. The second-order valence-electron chi connectivity index (χ2n) is 3.67. The number of rotatable bonds is 5. The Bertz CT molecular complexity index is 537. The number of ether oxygens (including phenoxy) is 1. The maximum atomic E-state index is 5.42. The van der Waals surface area contributed by atoms with Gasteiger partial charge in [-0.1, -0.05) is 0 Å². The van der Waals surface area contributed by atoms with E-state index in [2.05, 4.69) is 30.3 Å². The Kier molecular flexibility index (Phi) is 4.42. The number of aromatic nitrogens is 5. The molecule has 19 heavy (non-hydrogen) atoms. The lowest BCUT2D eigenvalue weighted by atomic mass is 10.5. The number of hydrogen-bond donors (Lipinski definition) is 2. The maximum Gasteiger partial charge on any atom is 0.322 e. The molecule has 0 aliphatic heterocycles. The molecule has 0 amide bonds. The molecule has 2 heterocycles. The van der Waals surface area contributed by atoms with Crippen LogP contribution in [0.3, 0.4) is 0 Å². The summed E-state index contributed by atoms with van der Waals surface area (Å²) in [5.74, 6) is 5.54. The fourth-order valence-corrected chi connectivity index (χ4v) is 1.78. The zero-order valence-corrected chi connectivity index (χ0v) is 11.3. The first-order valence-electron chi connectivity index (χ1n) is 5.51. The number of hydrazine groups is 1. The molecule has 0 fully saturated rings. The van der Waals surface area contributed by atoms with Gasteiger partial charge >= 0.3 is 6.01 Å². The van der Waals surface area contributed by atoms with Crippen LogP contribution in [0.5, 0.6) is 6.01 Å². The van der Waals surface area contributed by atoms with Crippen molar-refractivity contribution in [3.05, 3.63) is 18.5 Å². The van der Waals surface area contributed by atoms with Gasteiger partial charge in [0.15, 0.2) is 5.16 Å². The summed E-state index contributed by atoms with van der Waals surface area (Å²) in [6.07, 6.45) is 3.24. The first-order chi connectivity index (χ1) is 9.17. The van der Waals surface area contributed by atoms with E-state index in [1.54, 1.807) is 18.5 Å². The summed E-state index contributed by atoms with van der Waals surface area (Å²) >= 11 is 1.20. The van der Waals surface area contributed by atoms with E-state index < -0.39 is 0 Å². The first kappa shape index (κ1) is 13.4. The molecule has 0 aliphatic carbocycles. The quantitative estimate of drug-likeness (QED) is 0.468. The summed E-state index contributed by atoms with van der Waals surface area (Å²) in [4.78, 5) is 20.4. The Morgan fingerprint density at radius 1 is 1.16 bits per heavy atom. The smallest absolute Gasteiger partial charge is 0.322 e. The highest BCUT2D eigenvalue weighted by molar-refractivity contribution is 7.99. The fourth-order valence-electron chi connectivity index (χ4n) is 1.13. The third-order valence-corrected chi connectivity index (χ3v) is 2.55. The predicted octanol–water partition coefficient (Wildman–Crippen LogP) is 0.886. The molecule has 0 unspecified atom stereocenters. The van der Waals surface area contributed by atoms with E-state index in [4.69, 9.17) is 10.6 Å². The van der Waals surface area contributed by atoms with Crippen LogP contribution < -0.4 is 16.0 Å². The van der Waals surface area contributed by atoms with Crippen LogP contribution >= 0.6 is 11.8 Å². The molecule has 2 aromatic rings. The average Bonchev–Trinajstić information content (AvgIpc) is 2.38. The van der Waals surface area contributed by atoms with Crippen molar-refractivity contribution in [3.63, 3.8) is 0 Å². The number of nitrogens with zero attached hydrogens (tertiary/aromatic N) is 5. The molecule has 0 atom stereocenters. The number of nitrogen functional groups attached to an aromatic ring is 1. The SMILES string of the molecule is CC(C)Oc1nc(NN)nc(Sc2ncccn2)n1. The Balaban J connectivity index is 2.24. The summed E-state index contributed by atoms with van der Waals surface area (Å²) in [5, 5.41) is 0.942. The number of nitrogens with one attached hydrogen (secondary N) is 1. The van der Waals surface area contributed by atoms with E-state index >= 15 is 0 Å². The van der Waals surface area contributed by atoms with Gasteiger partial charge in [0.25, 0.3) is 0 Å². The van der Waals surface area contributed by atoms with Crippen molar-refractivity contribution in [2.75, 3.05) is 5.43 Å². The van der Waals surface area contributed by atoms with Gasteiger partial charge in [0.2, 0.25) is 11.1 Å². The van der Waals surface area contributed by atoms with E-state index in [1.807, 2.05) is 13.8 Å². The molecular formula is C10H13N7OS. The third-order valence-electron chi connectivity index (χ3n) is 1.79. The van der Waals surface area contributed by atoms with E-state index in [1.165, 1.54) is 11.8 Å². The lowest BCUT2D eigenvalue weighted by Gasteiger charge is -2.09. The molecule has 2 rings (SSSR count). The van der Waals surface area contributed by atoms with Crippen LogP contribution in [-0.4, -0.2) is 31.0 Å². The highest BCUT2D eigenvalue weighted by Gasteiger charge is 2.10. The maximum absolute atomic E-state index is 5.42. The standard InChI is InChI=1S/C10H13N7OS/c1-6(2)18-8-14-7(17-11)15-10(16-8)19-9-12-4-3-5-13-9/h3-6H,11H2,1-2H3,(H,14,15,16,17). The second-order valence-corrected chi connectivity index (χ2v) is 4.60. The van der Waals surface area contributed by atoms with Gasteiger partial charge in [-0.05, 0) is 31.7 Å². The Morgan fingerprint density at radius 3 is 2.53 bits per heavy atom. The van der Waals surface area contributed by atoms with Gasteiger partial charge in [-0.25, -0.2) is 15.8 Å². The van der Waals surface area contributed by atoms with Crippen LogP contribution in [0.25, 0.3) is 0 Å². The molecule has 2 aromatic heterocycles. The highest BCUT2D eigenvalue weighted by Crippen LogP contribution is 2.22. The lowest BCUT2D eigenvalue weighted by molar-refractivity contribution is 0.219. The van der Waals surface area contributed by atoms with E-state index in [9.17, 15) is 0 Å². The van der Waals surface area contributed by atoms with Crippen molar-refractivity contribution in [1.29, 1.82) is 0 Å². The summed E-state index contributed by atoms with van der Waals surface area (Å²) in [6, 6.07) is 1.94. The zero-order chi connectivity index (χ0) is 13.7. The van der Waals surface area contributed by atoms with Crippen molar-refractivity contribution in [3.8, 4) is 6.01 Å². The topological polar surface area (TPSA) is 112 Å². The molecule has 0 aromatic carbocycles. The second kappa shape index (κ2) is 6.25. The number of nitrogens with two attached hydrogens (primary N) is 1. The van der Waals surface area contributed by atoms with Crippen LogP contribution in [-0.2, 0) is 0 Å². The third kappa shape index (κ3) is 4.00. The Hall–Kier alpha value is -2.00.